The monoisotopic (exact) mass is 339 g/mol. The van der Waals surface area contributed by atoms with Crippen LogP contribution in [-0.4, -0.2) is 19.1 Å². The first-order chi connectivity index (χ1) is 10.5. The lowest BCUT2D eigenvalue weighted by Gasteiger charge is -2.16. The Morgan fingerprint density at radius 2 is 1.86 bits per heavy atom. The summed E-state index contributed by atoms with van der Waals surface area (Å²) in [7, 11) is 1.57. The van der Waals surface area contributed by atoms with Gasteiger partial charge in [-0.15, -0.1) is 0 Å². The van der Waals surface area contributed by atoms with Crippen molar-refractivity contribution in [3.63, 3.8) is 0 Å². The van der Waals surface area contributed by atoms with Gasteiger partial charge in [0, 0.05) is 11.1 Å². The van der Waals surface area contributed by atoms with Gasteiger partial charge in [0.2, 0.25) is 0 Å². The number of methoxy groups -OCH3 is 1. The summed E-state index contributed by atoms with van der Waals surface area (Å²) in [5.41, 5.74) is 0.483. The molecule has 6 heteroatoms. The maximum atomic E-state index is 12.1. The van der Waals surface area contributed by atoms with Crippen molar-refractivity contribution < 1.29 is 14.3 Å². The normalized spacial score (nSPS) is 11.6. The van der Waals surface area contributed by atoms with Gasteiger partial charge in [0.25, 0.3) is 5.91 Å². The Labute approximate surface area is 138 Å². The zero-order chi connectivity index (χ0) is 16.1. The standard InChI is InChI=1S/C16H15Cl2NO3/c1-10(22-13-5-3-4-12(9-13)21-2)16(20)19-15-7-6-11(17)8-14(15)18/h3-10H,1-2H3,(H,19,20)/t10-/m0/s1. The molecule has 0 spiro atoms. The molecule has 0 aromatic heterocycles. The number of hydrogen-bond donors (Lipinski definition) is 1. The van der Waals surface area contributed by atoms with Crippen molar-refractivity contribution in [2.75, 3.05) is 12.4 Å². The number of benzene rings is 2. The van der Waals surface area contributed by atoms with E-state index in [1.807, 2.05) is 0 Å². The van der Waals surface area contributed by atoms with Crippen LogP contribution < -0.4 is 14.8 Å². The third-order valence-electron chi connectivity index (χ3n) is 2.91. The van der Waals surface area contributed by atoms with Crippen LogP contribution in [0.4, 0.5) is 5.69 Å². The predicted octanol–water partition coefficient (Wildman–Crippen LogP) is 4.41. The van der Waals surface area contributed by atoms with Crippen molar-refractivity contribution in [2.24, 2.45) is 0 Å². The smallest absolute Gasteiger partial charge is 0.265 e. The van der Waals surface area contributed by atoms with Gasteiger partial charge in [-0.3, -0.25) is 4.79 Å². The highest BCUT2D eigenvalue weighted by molar-refractivity contribution is 6.36. The summed E-state index contributed by atoms with van der Waals surface area (Å²) in [4.78, 5) is 12.1. The van der Waals surface area contributed by atoms with Crippen LogP contribution in [0.25, 0.3) is 0 Å². The Bertz CT molecular complexity index is 676. The van der Waals surface area contributed by atoms with Crippen molar-refractivity contribution in [3.8, 4) is 11.5 Å². The molecular weight excluding hydrogens is 325 g/mol. The summed E-state index contributed by atoms with van der Waals surface area (Å²) in [6.45, 7) is 1.65. The van der Waals surface area contributed by atoms with E-state index >= 15 is 0 Å². The van der Waals surface area contributed by atoms with Gasteiger partial charge in [0.05, 0.1) is 17.8 Å². The minimum Gasteiger partial charge on any atom is -0.497 e. The molecule has 1 atom stereocenters. The zero-order valence-corrected chi connectivity index (χ0v) is 13.6. The number of carbonyl (C=O) groups excluding carboxylic acids is 1. The molecule has 1 N–H and O–H groups in total. The van der Waals surface area contributed by atoms with E-state index in [1.165, 1.54) is 0 Å². The molecule has 0 heterocycles. The molecule has 4 nitrogen and oxygen atoms in total. The lowest BCUT2D eigenvalue weighted by atomic mass is 10.3. The number of anilines is 1. The van der Waals surface area contributed by atoms with Gasteiger partial charge in [-0.1, -0.05) is 29.3 Å². The molecule has 0 bridgehead atoms. The fourth-order valence-corrected chi connectivity index (χ4v) is 2.21. The molecule has 2 aromatic rings. The second-order valence-electron chi connectivity index (χ2n) is 4.55. The Morgan fingerprint density at radius 3 is 2.55 bits per heavy atom. The van der Waals surface area contributed by atoms with E-state index in [0.29, 0.717) is 27.2 Å². The van der Waals surface area contributed by atoms with Crippen LogP contribution in [0, 0.1) is 0 Å². The third-order valence-corrected chi connectivity index (χ3v) is 3.46. The molecule has 0 aliphatic rings. The van der Waals surface area contributed by atoms with E-state index in [2.05, 4.69) is 5.32 Å². The molecule has 2 rings (SSSR count). The first-order valence-electron chi connectivity index (χ1n) is 6.56. The molecule has 0 saturated carbocycles. The minimum absolute atomic E-state index is 0.313. The number of nitrogens with one attached hydrogen (secondary N) is 1. The van der Waals surface area contributed by atoms with Crippen molar-refractivity contribution in [2.45, 2.75) is 13.0 Å². The highest BCUT2D eigenvalue weighted by Crippen LogP contribution is 2.26. The second kappa shape index (κ2) is 7.38. The topological polar surface area (TPSA) is 47.6 Å². The summed E-state index contributed by atoms with van der Waals surface area (Å²) in [6, 6.07) is 11.9. The molecule has 0 unspecified atom stereocenters. The molecule has 0 aliphatic carbocycles. The number of rotatable bonds is 5. The van der Waals surface area contributed by atoms with E-state index in [0.717, 1.165) is 0 Å². The molecule has 22 heavy (non-hydrogen) atoms. The van der Waals surface area contributed by atoms with Crippen LogP contribution in [0.2, 0.25) is 10.0 Å². The third kappa shape index (κ3) is 4.29. The summed E-state index contributed by atoms with van der Waals surface area (Å²) in [6.07, 6.45) is -0.696. The molecule has 1 amide bonds. The van der Waals surface area contributed by atoms with E-state index in [9.17, 15) is 4.79 Å². The van der Waals surface area contributed by atoms with Crippen molar-refractivity contribution in [1.29, 1.82) is 0 Å². The highest BCUT2D eigenvalue weighted by Gasteiger charge is 2.16. The molecule has 0 saturated heterocycles. The molecular formula is C16H15Cl2NO3. The Morgan fingerprint density at radius 1 is 1.14 bits per heavy atom. The molecule has 0 radical (unpaired) electrons. The SMILES string of the molecule is COc1cccc(O[C@@H](C)C(=O)Nc2ccc(Cl)cc2Cl)c1. The van der Waals surface area contributed by atoms with Crippen LogP contribution in [0.15, 0.2) is 42.5 Å². The Kier molecular flexibility index (Phi) is 5.52. The van der Waals surface area contributed by atoms with Crippen molar-refractivity contribution in [1.82, 2.24) is 0 Å². The van der Waals surface area contributed by atoms with Gasteiger partial charge < -0.3 is 14.8 Å². The average molecular weight is 340 g/mol. The van der Waals surface area contributed by atoms with Gasteiger partial charge in [-0.2, -0.15) is 0 Å². The first kappa shape index (κ1) is 16.5. The summed E-state index contributed by atoms with van der Waals surface area (Å²) in [5, 5.41) is 3.57. The van der Waals surface area contributed by atoms with Crippen molar-refractivity contribution in [3.05, 3.63) is 52.5 Å². The van der Waals surface area contributed by atoms with Gasteiger partial charge in [0.15, 0.2) is 6.10 Å². The largest absolute Gasteiger partial charge is 0.497 e. The Hall–Kier alpha value is -1.91. The fourth-order valence-electron chi connectivity index (χ4n) is 1.76. The molecule has 0 aliphatic heterocycles. The lowest BCUT2D eigenvalue weighted by molar-refractivity contribution is -0.122. The summed E-state index contributed by atoms with van der Waals surface area (Å²) in [5.74, 6) is 0.891. The maximum Gasteiger partial charge on any atom is 0.265 e. The number of amides is 1. The second-order valence-corrected chi connectivity index (χ2v) is 5.40. The van der Waals surface area contributed by atoms with Gasteiger partial charge in [-0.05, 0) is 37.3 Å². The van der Waals surface area contributed by atoms with Crippen LogP contribution in [0.1, 0.15) is 6.92 Å². The predicted molar refractivity (Wildman–Crippen MR) is 88.2 cm³/mol. The number of ether oxygens (including phenoxy) is 2. The van der Waals surface area contributed by atoms with Crippen LogP contribution >= 0.6 is 23.2 Å². The minimum atomic E-state index is -0.696. The quantitative estimate of drug-likeness (QED) is 0.877. The average Bonchev–Trinajstić information content (AvgIpc) is 2.50. The fraction of sp³-hybridized carbons (Fsp3) is 0.188. The van der Waals surface area contributed by atoms with Gasteiger partial charge >= 0.3 is 0 Å². The highest BCUT2D eigenvalue weighted by atomic mass is 35.5. The molecule has 2 aromatic carbocycles. The lowest BCUT2D eigenvalue weighted by Crippen LogP contribution is -2.30. The summed E-state index contributed by atoms with van der Waals surface area (Å²) >= 11 is 11.8. The van der Waals surface area contributed by atoms with Crippen LogP contribution in [0.5, 0.6) is 11.5 Å². The van der Waals surface area contributed by atoms with Crippen LogP contribution in [-0.2, 0) is 4.79 Å². The van der Waals surface area contributed by atoms with E-state index < -0.39 is 6.10 Å². The summed E-state index contributed by atoms with van der Waals surface area (Å²) < 4.78 is 10.7. The first-order valence-corrected chi connectivity index (χ1v) is 7.32. The van der Waals surface area contributed by atoms with E-state index in [4.69, 9.17) is 32.7 Å². The number of halogens is 2. The van der Waals surface area contributed by atoms with E-state index in [1.54, 1.807) is 56.5 Å². The maximum absolute atomic E-state index is 12.1. The van der Waals surface area contributed by atoms with Crippen molar-refractivity contribution >= 4 is 34.8 Å². The Balaban J connectivity index is 2.02. The zero-order valence-electron chi connectivity index (χ0n) is 12.1. The number of hydrogen-bond acceptors (Lipinski definition) is 3. The molecule has 116 valence electrons. The van der Waals surface area contributed by atoms with E-state index in [-0.39, 0.29) is 5.91 Å². The van der Waals surface area contributed by atoms with Crippen LogP contribution in [0.3, 0.4) is 0 Å². The number of carbonyl (C=O) groups is 1. The van der Waals surface area contributed by atoms with Gasteiger partial charge in [-0.25, -0.2) is 0 Å². The van der Waals surface area contributed by atoms with Gasteiger partial charge in [0.1, 0.15) is 11.5 Å². The molecule has 0 fully saturated rings.